The molecule has 258 valence electrons. The van der Waals surface area contributed by atoms with Gasteiger partial charge in [0.2, 0.25) is 0 Å². The Balaban J connectivity index is 1.36. The van der Waals surface area contributed by atoms with Gasteiger partial charge in [0, 0.05) is 46.8 Å². The van der Waals surface area contributed by atoms with Crippen molar-refractivity contribution in [2.75, 3.05) is 25.6 Å². The summed E-state index contributed by atoms with van der Waals surface area (Å²) in [4.78, 5) is 27.8. The molecule has 1 aliphatic rings. The number of fused-ring (bicyclic) bond motifs is 1. The van der Waals surface area contributed by atoms with Crippen LogP contribution in [-0.4, -0.2) is 63.4 Å². The number of rotatable bonds is 16. The van der Waals surface area contributed by atoms with Crippen molar-refractivity contribution in [3.63, 3.8) is 0 Å². The summed E-state index contributed by atoms with van der Waals surface area (Å²) in [5.74, 6) is 0.515. The van der Waals surface area contributed by atoms with Crippen molar-refractivity contribution in [2.45, 2.75) is 50.5 Å². The van der Waals surface area contributed by atoms with Crippen molar-refractivity contribution in [1.82, 2.24) is 10.3 Å². The minimum Gasteiger partial charge on any atom is -0.488 e. The zero-order chi connectivity index (χ0) is 35.0. The number of hydrogen-bond acceptors (Lipinski definition) is 10. The van der Waals surface area contributed by atoms with Gasteiger partial charge in [-0.25, -0.2) is 0 Å². The maximum absolute atomic E-state index is 11.8. The number of nitrogens with zero attached hydrogens (tertiary/aromatic N) is 1. The number of hydrogen-bond donors (Lipinski definition) is 4. The summed E-state index contributed by atoms with van der Waals surface area (Å²) in [5, 5.41) is 31.5. The molecule has 4 N–H and O–H groups in total. The number of pyridine rings is 1. The number of ether oxygens (including phenoxy) is 4. The van der Waals surface area contributed by atoms with Crippen molar-refractivity contribution < 1.29 is 43.9 Å². The molecule has 2 heterocycles. The Morgan fingerprint density at radius 2 is 1.76 bits per heavy atom. The molecule has 4 aromatic rings. The summed E-state index contributed by atoms with van der Waals surface area (Å²) in [5.41, 5.74) is 3.69. The van der Waals surface area contributed by atoms with Gasteiger partial charge < -0.3 is 34.3 Å². The summed E-state index contributed by atoms with van der Waals surface area (Å²) in [6.45, 7) is 4.16. The van der Waals surface area contributed by atoms with Crippen molar-refractivity contribution >= 4 is 35.3 Å². The van der Waals surface area contributed by atoms with E-state index in [-0.39, 0.29) is 26.2 Å². The molecule has 0 radical (unpaired) electrons. The van der Waals surface area contributed by atoms with Crippen molar-refractivity contribution in [3.8, 4) is 34.1 Å². The van der Waals surface area contributed by atoms with E-state index in [4.69, 9.17) is 35.7 Å². The SMILES string of the molecule is Cc1c(COc2cc(OCc3cncc(SCCC(=O)O)c3)c(CN[C@@](C)(CO)C(=O)O)cc2Cl)cccc1-c1ccc2c(c1)OCCO2. The molecule has 3 aromatic carbocycles. The summed E-state index contributed by atoms with van der Waals surface area (Å²) >= 11 is 8.08. The van der Waals surface area contributed by atoms with Crippen LogP contribution in [0.1, 0.15) is 35.6 Å². The number of halogens is 1. The van der Waals surface area contributed by atoms with Gasteiger partial charge in [-0.3, -0.25) is 19.9 Å². The summed E-state index contributed by atoms with van der Waals surface area (Å²) in [7, 11) is 0. The molecule has 0 saturated heterocycles. The number of carboxylic acids is 2. The van der Waals surface area contributed by atoms with Crippen LogP contribution in [0.3, 0.4) is 0 Å². The van der Waals surface area contributed by atoms with Gasteiger partial charge in [-0.05, 0) is 60.4 Å². The third kappa shape index (κ3) is 9.15. The number of benzene rings is 3. The number of nitrogens with one attached hydrogen (secondary N) is 1. The van der Waals surface area contributed by atoms with Crippen LogP contribution < -0.4 is 24.3 Å². The predicted octanol–water partition coefficient (Wildman–Crippen LogP) is 6.13. The fraction of sp³-hybridized carbons (Fsp3) is 0.306. The Labute approximate surface area is 293 Å². The Bertz CT molecular complexity index is 1820. The second kappa shape index (κ2) is 16.3. The molecule has 0 fully saturated rings. The molecule has 0 bridgehead atoms. The maximum atomic E-state index is 11.8. The van der Waals surface area contributed by atoms with Gasteiger partial charge in [-0.1, -0.05) is 35.9 Å². The van der Waals surface area contributed by atoms with E-state index >= 15 is 0 Å². The number of thioether (sulfide) groups is 1. The number of aliphatic hydroxyl groups excluding tert-OH is 1. The topological polar surface area (TPSA) is 157 Å². The standard InChI is InChI=1S/C36H37ClN2O9S/c1-22-25(4-3-5-28(22)24-6-7-30-33(14-24)46-10-9-45-30)20-48-32-15-31(26(13-29(32)37)17-39-36(2,21-40)35(43)44)47-19-23-12-27(18-38-16-23)49-11-8-34(41)42/h3-7,12-16,18,39-40H,8-11,17,19-21H2,1-2H3,(H,41,42)(H,43,44)/t36-/m0/s1. The molecule has 0 aliphatic carbocycles. The van der Waals surface area contributed by atoms with E-state index in [9.17, 15) is 19.8 Å². The van der Waals surface area contributed by atoms with Crippen LogP contribution in [0.4, 0.5) is 0 Å². The lowest BCUT2D eigenvalue weighted by atomic mass is 9.96. The van der Waals surface area contributed by atoms with Gasteiger partial charge >= 0.3 is 11.9 Å². The second-order valence-corrected chi connectivity index (χ2v) is 13.2. The normalized spacial score (nSPS) is 13.4. The van der Waals surface area contributed by atoms with Crippen molar-refractivity contribution in [2.24, 2.45) is 0 Å². The summed E-state index contributed by atoms with van der Waals surface area (Å²) in [6, 6.07) is 17.0. The highest BCUT2D eigenvalue weighted by molar-refractivity contribution is 7.99. The quantitative estimate of drug-likeness (QED) is 0.0989. The van der Waals surface area contributed by atoms with E-state index in [1.54, 1.807) is 24.5 Å². The first-order chi connectivity index (χ1) is 23.6. The number of carbonyl (C=O) groups is 2. The minimum absolute atomic E-state index is 0.0265. The highest BCUT2D eigenvalue weighted by atomic mass is 35.5. The van der Waals surface area contributed by atoms with Gasteiger partial charge in [0.1, 0.15) is 43.5 Å². The Hall–Kier alpha value is -4.49. The predicted molar refractivity (Wildman–Crippen MR) is 185 cm³/mol. The molecule has 11 nitrogen and oxygen atoms in total. The largest absolute Gasteiger partial charge is 0.488 e. The average molecular weight is 709 g/mol. The summed E-state index contributed by atoms with van der Waals surface area (Å²) < 4.78 is 23.9. The molecular formula is C36H37ClN2O9S. The molecule has 13 heteroatoms. The van der Waals surface area contributed by atoms with Crippen LogP contribution in [0.2, 0.25) is 5.02 Å². The van der Waals surface area contributed by atoms with Crippen LogP contribution in [-0.2, 0) is 29.3 Å². The van der Waals surface area contributed by atoms with E-state index in [0.717, 1.165) is 38.5 Å². The number of aliphatic carboxylic acids is 2. The highest BCUT2D eigenvalue weighted by Gasteiger charge is 2.32. The van der Waals surface area contributed by atoms with E-state index in [1.807, 2.05) is 49.4 Å². The molecule has 0 unspecified atom stereocenters. The van der Waals surface area contributed by atoms with Gasteiger partial charge in [0.05, 0.1) is 18.1 Å². The molecule has 1 aliphatic heterocycles. The van der Waals surface area contributed by atoms with Gasteiger partial charge in [0.25, 0.3) is 0 Å². The average Bonchev–Trinajstić information content (AvgIpc) is 3.09. The molecule has 5 rings (SSSR count). The molecule has 49 heavy (non-hydrogen) atoms. The first-order valence-electron chi connectivity index (χ1n) is 15.5. The van der Waals surface area contributed by atoms with Gasteiger partial charge in [-0.2, -0.15) is 0 Å². The molecular weight excluding hydrogens is 672 g/mol. The molecule has 0 amide bonds. The van der Waals surface area contributed by atoms with E-state index in [2.05, 4.69) is 10.3 Å². The van der Waals surface area contributed by atoms with E-state index < -0.39 is 24.1 Å². The maximum Gasteiger partial charge on any atom is 0.326 e. The zero-order valence-corrected chi connectivity index (χ0v) is 28.6. The zero-order valence-electron chi connectivity index (χ0n) is 27.0. The number of carboxylic acid groups (broad SMARTS) is 2. The van der Waals surface area contributed by atoms with Crippen LogP contribution >= 0.6 is 23.4 Å². The second-order valence-electron chi connectivity index (χ2n) is 11.6. The lowest BCUT2D eigenvalue weighted by Crippen LogP contribution is -2.52. The minimum atomic E-state index is -1.59. The van der Waals surface area contributed by atoms with Gasteiger partial charge in [0.15, 0.2) is 11.5 Å². The number of aromatic nitrogens is 1. The molecule has 1 aromatic heterocycles. The fourth-order valence-electron chi connectivity index (χ4n) is 5.01. The lowest BCUT2D eigenvalue weighted by Gasteiger charge is -2.25. The smallest absolute Gasteiger partial charge is 0.326 e. The fourth-order valence-corrected chi connectivity index (χ4v) is 6.13. The first-order valence-corrected chi connectivity index (χ1v) is 16.9. The highest BCUT2D eigenvalue weighted by Crippen LogP contribution is 2.38. The van der Waals surface area contributed by atoms with E-state index in [0.29, 0.717) is 46.8 Å². The van der Waals surface area contributed by atoms with Crippen LogP contribution in [0.15, 0.2) is 71.9 Å². The summed E-state index contributed by atoms with van der Waals surface area (Å²) in [6.07, 6.45) is 3.34. The Morgan fingerprint density at radius 3 is 2.51 bits per heavy atom. The number of aliphatic hydroxyl groups is 1. The van der Waals surface area contributed by atoms with Crippen molar-refractivity contribution in [1.29, 1.82) is 0 Å². The first kappa shape index (κ1) is 35.8. The third-order valence-electron chi connectivity index (χ3n) is 8.00. The van der Waals surface area contributed by atoms with E-state index in [1.165, 1.54) is 18.7 Å². The van der Waals surface area contributed by atoms with Crippen LogP contribution in [0.25, 0.3) is 11.1 Å². The molecule has 1 atom stereocenters. The monoisotopic (exact) mass is 708 g/mol. The molecule has 0 saturated carbocycles. The lowest BCUT2D eigenvalue weighted by molar-refractivity contribution is -0.146. The van der Waals surface area contributed by atoms with Crippen LogP contribution in [0.5, 0.6) is 23.0 Å². The Kier molecular flexibility index (Phi) is 11.9. The third-order valence-corrected chi connectivity index (χ3v) is 9.26. The van der Waals surface area contributed by atoms with Crippen LogP contribution in [0, 0.1) is 6.92 Å². The Morgan fingerprint density at radius 1 is 0.980 bits per heavy atom. The van der Waals surface area contributed by atoms with Gasteiger partial charge in [-0.15, -0.1) is 11.8 Å². The molecule has 0 spiro atoms. The van der Waals surface area contributed by atoms with Crippen molar-refractivity contribution in [3.05, 3.63) is 94.3 Å².